The van der Waals surface area contributed by atoms with Crippen molar-refractivity contribution in [3.8, 4) is 0 Å². The fourth-order valence-corrected chi connectivity index (χ4v) is 2.65. The first kappa shape index (κ1) is 17.8. The zero-order valence-corrected chi connectivity index (χ0v) is 13.9. The molecule has 0 heterocycles. The molecule has 0 atom stereocenters. The highest BCUT2D eigenvalue weighted by atomic mass is 32.2. The standard InChI is InChI=1S/C17H17NO5S/c1-2-22-17(21)18-15(19)10-23-16(20)11-24-14-8-7-12-5-3-4-6-13(12)9-14/h3-9H,2,10-11H2,1H3,(H,18,19,21). The number of carbonyl (C=O) groups is 3. The molecule has 0 radical (unpaired) electrons. The summed E-state index contributed by atoms with van der Waals surface area (Å²) in [6, 6.07) is 13.8. The van der Waals surface area contributed by atoms with Crippen LogP contribution in [0.3, 0.4) is 0 Å². The number of amides is 2. The van der Waals surface area contributed by atoms with Gasteiger partial charge in [-0.15, -0.1) is 11.8 Å². The predicted octanol–water partition coefficient (Wildman–Crippen LogP) is 2.75. The van der Waals surface area contributed by atoms with E-state index in [0.29, 0.717) is 0 Å². The molecule has 7 heteroatoms. The maximum Gasteiger partial charge on any atom is 0.413 e. The summed E-state index contributed by atoms with van der Waals surface area (Å²) < 4.78 is 9.36. The Bertz CT molecular complexity index is 747. The van der Waals surface area contributed by atoms with Gasteiger partial charge in [0.05, 0.1) is 12.4 Å². The Morgan fingerprint density at radius 1 is 1.04 bits per heavy atom. The van der Waals surface area contributed by atoms with E-state index in [1.165, 1.54) is 11.8 Å². The number of hydrogen-bond donors (Lipinski definition) is 1. The van der Waals surface area contributed by atoms with Crippen molar-refractivity contribution in [2.24, 2.45) is 0 Å². The molecule has 0 bridgehead atoms. The van der Waals surface area contributed by atoms with E-state index in [2.05, 4.69) is 4.74 Å². The van der Waals surface area contributed by atoms with Crippen molar-refractivity contribution >= 4 is 40.5 Å². The summed E-state index contributed by atoms with van der Waals surface area (Å²) >= 11 is 1.32. The van der Waals surface area contributed by atoms with Gasteiger partial charge in [0, 0.05) is 4.90 Å². The van der Waals surface area contributed by atoms with E-state index in [4.69, 9.17) is 4.74 Å². The lowest BCUT2D eigenvalue weighted by Crippen LogP contribution is -2.34. The zero-order valence-electron chi connectivity index (χ0n) is 13.1. The third-order valence-electron chi connectivity index (χ3n) is 2.96. The van der Waals surface area contributed by atoms with Gasteiger partial charge >= 0.3 is 12.1 Å². The molecule has 6 nitrogen and oxygen atoms in total. The minimum atomic E-state index is -0.857. The molecule has 0 aliphatic carbocycles. The summed E-state index contributed by atoms with van der Waals surface area (Å²) in [5.41, 5.74) is 0. The van der Waals surface area contributed by atoms with E-state index >= 15 is 0 Å². The maximum absolute atomic E-state index is 11.7. The number of benzene rings is 2. The minimum Gasteiger partial charge on any atom is -0.455 e. The largest absolute Gasteiger partial charge is 0.455 e. The number of carbonyl (C=O) groups excluding carboxylic acids is 3. The van der Waals surface area contributed by atoms with Gasteiger partial charge in [0.15, 0.2) is 6.61 Å². The summed E-state index contributed by atoms with van der Waals surface area (Å²) in [6.07, 6.45) is -0.857. The fraction of sp³-hybridized carbons (Fsp3) is 0.235. The number of rotatable bonds is 6. The van der Waals surface area contributed by atoms with Crippen molar-refractivity contribution < 1.29 is 23.9 Å². The van der Waals surface area contributed by atoms with Gasteiger partial charge in [-0.3, -0.25) is 14.9 Å². The Morgan fingerprint density at radius 2 is 1.79 bits per heavy atom. The SMILES string of the molecule is CCOC(=O)NC(=O)COC(=O)CSc1ccc2ccccc2c1. The van der Waals surface area contributed by atoms with Crippen LogP contribution in [-0.4, -0.2) is 36.9 Å². The van der Waals surface area contributed by atoms with Crippen LogP contribution in [0, 0.1) is 0 Å². The van der Waals surface area contributed by atoms with E-state index in [1.54, 1.807) is 6.92 Å². The molecule has 0 saturated carbocycles. The molecule has 126 valence electrons. The minimum absolute atomic E-state index is 0.0744. The Kier molecular flexibility index (Phi) is 6.62. The van der Waals surface area contributed by atoms with Gasteiger partial charge in [-0.05, 0) is 29.8 Å². The highest BCUT2D eigenvalue weighted by Gasteiger charge is 2.11. The molecular weight excluding hydrogens is 330 g/mol. The van der Waals surface area contributed by atoms with Gasteiger partial charge in [0.1, 0.15) is 0 Å². The number of hydrogen-bond acceptors (Lipinski definition) is 6. The van der Waals surface area contributed by atoms with E-state index in [-0.39, 0.29) is 12.4 Å². The average molecular weight is 347 g/mol. The van der Waals surface area contributed by atoms with Gasteiger partial charge in [0.25, 0.3) is 5.91 Å². The van der Waals surface area contributed by atoms with Crippen LogP contribution in [0.5, 0.6) is 0 Å². The number of thioether (sulfide) groups is 1. The zero-order chi connectivity index (χ0) is 17.4. The molecule has 0 aromatic heterocycles. The lowest BCUT2D eigenvalue weighted by Gasteiger charge is -2.06. The van der Waals surface area contributed by atoms with Gasteiger partial charge in [-0.25, -0.2) is 4.79 Å². The molecule has 0 spiro atoms. The quantitative estimate of drug-likeness (QED) is 0.639. The number of esters is 1. The number of imide groups is 1. The fourth-order valence-electron chi connectivity index (χ4n) is 1.90. The van der Waals surface area contributed by atoms with Gasteiger partial charge < -0.3 is 9.47 Å². The van der Waals surface area contributed by atoms with Crippen LogP contribution in [0.2, 0.25) is 0 Å². The summed E-state index contributed by atoms with van der Waals surface area (Å²) in [7, 11) is 0. The van der Waals surface area contributed by atoms with Gasteiger partial charge in [-0.1, -0.05) is 30.3 Å². The van der Waals surface area contributed by atoms with E-state index < -0.39 is 24.6 Å². The van der Waals surface area contributed by atoms with Crippen molar-refractivity contribution in [3.05, 3.63) is 42.5 Å². The number of nitrogens with one attached hydrogen (secondary N) is 1. The third-order valence-corrected chi connectivity index (χ3v) is 3.93. The molecule has 2 rings (SSSR count). The summed E-state index contributed by atoms with van der Waals surface area (Å²) in [6.45, 7) is 1.26. The first-order valence-corrected chi connectivity index (χ1v) is 8.31. The van der Waals surface area contributed by atoms with Crippen LogP contribution in [0.4, 0.5) is 4.79 Å². The topological polar surface area (TPSA) is 81.7 Å². The van der Waals surface area contributed by atoms with Crippen LogP contribution >= 0.6 is 11.8 Å². The normalized spacial score (nSPS) is 10.2. The van der Waals surface area contributed by atoms with E-state index in [1.807, 2.05) is 47.8 Å². The van der Waals surface area contributed by atoms with Crippen LogP contribution in [0.25, 0.3) is 10.8 Å². The van der Waals surface area contributed by atoms with E-state index in [0.717, 1.165) is 15.7 Å². The van der Waals surface area contributed by atoms with Crippen molar-refractivity contribution in [2.75, 3.05) is 19.0 Å². The highest BCUT2D eigenvalue weighted by molar-refractivity contribution is 8.00. The van der Waals surface area contributed by atoms with Crippen LogP contribution in [-0.2, 0) is 19.1 Å². The number of fused-ring (bicyclic) bond motifs is 1. The molecule has 0 unspecified atom stereocenters. The van der Waals surface area contributed by atoms with Crippen molar-refractivity contribution in [2.45, 2.75) is 11.8 Å². The molecule has 2 amide bonds. The molecule has 0 aliphatic rings. The smallest absolute Gasteiger partial charge is 0.413 e. The van der Waals surface area contributed by atoms with Gasteiger partial charge in [0.2, 0.25) is 0 Å². The van der Waals surface area contributed by atoms with Gasteiger partial charge in [-0.2, -0.15) is 0 Å². The molecule has 2 aromatic carbocycles. The first-order valence-electron chi connectivity index (χ1n) is 7.32. The Balaban J connectivity index is 1.76. The molecule has 0 fully saturated rings. The van der Waals surface area contributed by atoms with Crippen LogP contribution in [0.1, 0.15) is 6.92 Å². The molecule has 2 aromatic rings. The molecule has 1 N–H and O–H groups in total. The Hall–Kier alpha value is -2.54. The third kappa shape index (κ3) is 5.58. The summed E-state index contributed by atoms with van der Waals surface area (Å²) in [4.78, 5) is 35.0. The Morgan fingerprint density at radius 3 is 2.54 bits per heavy atom. The summed E-state index contributed by atoms with van der Waals surface area (Å²) in [5.74, 6) is -1.19. The lowest BCUT2D eigenvalue weighted by atomic mass is 10.1. The lowest BCUT2D eigenvalue weighted by molar-refractivity contribution is -0.145. The van der Waals surface area contributed by atoms with Crippen LogP contribution < -0.4 is 5.32 Å². The predicted molar refractivity (Wildman–Crippen MR) is 90.8 cm³/mol. The Labute approximate surface area is 143 Å². The second kappa shape index (κ2) is 8.93. The van der Waals surface area contributed by atoms with Crippen molar-refractivity contribution in [1.29, 1.82) is 0 Å². The average Bonchev–Trinajstić information content (AvgIpc) is 2.58. The summed E-state index contributed by atoms with van der Waals surface area (Å²) in [5, 5.41) is 4.16. The second-order valence-corrected chi connectivity index (χ2v) is 5.78. The monoisotopic (exact) mass is 347 g/mol. The molecule has 0 aliphatic heterocycles. The number of alkyl carbamates (subject to hydrolysis) is 1. The molecule has 0 saturated heterocycles. The van der Waals surface area contributed by atoms with E-state index in [9.17, 15) is 14.4 Å². The van der Waals surface area contributed by atoms with Crippen molar-refractivity contribution in [3.63, 3.8) is 0 Å². The number of ether oxygens (including phenoxy) is 2. The molecule has 24 heavy (non-hydrogen) atoms. The second-order valence-electron chi connectivity index (χ2n) is 4.73. The highest BCUT2D eigenvalue weighted by Crippen LogP contribution is 2.23. The molecular formula is C17H17NO5S. The first-order chi connectivity index (χ1) is 11.6. The van der Waals surface area contributed by atoms with Crippen LogP contribution in [0.15, 0.2) is 47.4 Å². The van der Waals surface area contributed by atoms with Crippen molar-refractivity contribution in [1.82, 2.24) is 5.32 Å². The maximum atomic E-state index is 11.7.